The molecule has 34 heavy (non-hydrogen) atoms. The summed E-state index contributed by atoms with van der Waals surface area (Å²) in [6, 6.07) is 20.5. The van der Waals surface area contributed by atoms with E-state index < -0.39 is 6.29 Å². The van der Waals surface area contributed by atoms with Crippen LogP contribution in [0.25, 0.3) is 0 Å². The summed E-state index contributed by atoms with van der Waals surface area (Å²) in [5.41, 5.74) is 3.29. The van der Waals surface area contributed by atoms with Crippen molar-refractivity contribution in [2.24, 2.45) is 5.92 Å². The van der Waals surface area contributed by atoms with Crippen LogP contribution in [0, 0.1) is 11.1 Å². The molecule has 1 amide bonds. The molecule has 1 saturated heterocycles. The number of anilines is 1. The number of rotatable bonds is 7. The molecule has 2 N–H and O–H groups in total. The highest BCUT2D eigenvalue weighted by atomic mass is 32.2. The first-order valence-electron chi connectivity index (χ1n) is 11.1. The molecule has 8 heteroatoms. The van der Waals surface area contributed by atoms with Gasteiger partial charge in [0.25, 0.3) is 5.03 Å². The molecule has 0 bridgehead atoms. The van der Waals surface area contributed by atoms with E-state index >= 15 is 0 Å². The van der Waals surface area contributed by atoms with Gasteiger partial charge in [0.1, 0.15) is 0 Å². The highest BCUT2D eigenvalue weighted by Gasteiger charge is 2.38. The molecular formula is C26H28N2O5S. The minimum absolute atomic E-state index is 0.00562. The minimum Gasteiger partial charge on any atom is -0.618 e. The van der Waals surface area contributed by atoms with Gasteiger partial charge in [0.2, 0.25) is 5.91 Å². The predicted molar refractivity (Wildman–Crippen MR) is 130 cm³/mol. The Labute approximate surface area is 203 Å². The minimum atomic E-state index is -0.645. The third-order valence-corrected chi connectivity index (χ3v) is 6.89. The van der Waals surface area contributed by atoms with Crippen molar-refractivity contribution in [2.45, 2.75) is 44.0 Å². The topological polar surface area (TPSA) is 94.7 Å². The zero-order chi connectivity index (χ0) is 24.1. The first-order chi connectivity index (χ1) is 16.4. The summed E-state index contributed by atoms with van der Waals surface area (Å²) in [5, 5.41) is 24.9. The number of thioether (sulfide) groups is 1. The number of hydrogen-bond acceptors (Lipinski definition) is 6. The summed E-state index contributed by atoms with van der Waals surface area (Å²) in [5.74, 6) is 0.427. The number of carbonyl (C=O) groups excluding carboxylic acids is 1. The summed E-state index contributed by atoms with van der Waals surface area (Å²) in [6.45, 7) is 3.53. The van der Waals surface area contributed by atoms with Gasteiger partial charge in [0, 0.05) is 42.0 Å². The first kappa shape index (κ1) is 24.2. The monoisotopic (exact) mass is 480 g/mol. The van der Waals surface area contributed by atoms with Crippen molar-refractivity contribution in [2.75, 3.05) is 11.1 Å². The van der Waals surface area contributed by atoms with Crippen molar-refractivity contribution < 1.29 is 24.1 Å². The van der Waals surface area contributed by atoms with Crippen LogP contribution in [0.2, 0.25) is 0 Å². The third-order valence-electron chi connectivity index (χ3n) is 5.79. The van der Waals surface area contributed by atoms with Gasteiger partial charge in [-0.2, -0.15) is 4.73 Å². The fourth-order valence-corrected chi connectivity index (χ4v) is 5.05. The lowest BCUT2D eigenvalue weighted by Crippen LogP contribution is -2.39. The van der Waals surface area contributed by atoms with E-state index in [0.29, 0.717) is 16.5 Å². The summed E-state index contributed by atoms with van der Waals surface area (Å²) < 4.78 is 13.7. The van der Waals surface area contributed by atoms with Crippen molar-refractivity contribution in [3.05, 3.63) is 94.8 Å². The van der Waals surface area contributed by atoms with Gasteiger partial charge in [0.15, 0.2) is 12.5 Å². The van der Waals surface area contributed by atoms with E-state index in [1.165, 1.54) is 24.9 Å². The van der Waals surface area contributed by atoms with Gasteiger partial charge < -0.3 is 25.1 Å². The number of nitrogens with zero attached hydrogens (tertiary/aromatic N) is 1. The van der Waals surface area contributed by atoms with Crippen molar-refractivity contribution in [1.82, 2.24) is 0 Å². The molecule has 1 aromatic heterocycles. The SMILES string of the molecule is CC(=O)Nc1cccc([C@H]2O[C@@H](CSc3cccc[n+]3[O-])[C@@H](C)[C@@H](c3ccc(CO)cc3)O2)c1. The zero-order valence-electron chi connectivity index (χ0n) is 19.1. The Morgan fingerprint density at radius 1 is 1.09 bits per heavy atom. The Morgan fingerprint density at radius 3 is 2.59 bits per heavy atom. The average molecular weight is 481 g/mol. The normalized spacial score (nSPS) is 22.3. The van der Waals surface area contributed by atoms with Crippen LogP contribution in [0.15, 0.2) is 78.0 Å². The van der Waals surface area contributed by atoms with Crippen LogP contribution >= 0.6 is 11.8 Å². The molecule has 0 aliphatic carbocycles. The Hall–Kier alpha value is -2.91. The molecule has 0 unspecified atom stereocenters. The first-order valence-corrected chi connectivity index (χ1v) is 12.1. The van der Waals surface area contributed by atoms with E-state index in [9.17, 15) is 15.1 Å². The number of nitrogens with one attached hydrogen (secondary N) is 1. The van der Waals surface area contributed by atoms with Crippen LogP contribution in [0.5, 0.6) is 0 Å². The molecule has 4 rings (SSSR count). The van der Waals surface area contributed by atoms with E-state index in [2.05, 4.69) is 12.2 Å². The number of aromatic nitrogens is 1. The second-order valence-electron chi connectivity index (χ2n) is 8.30. The summed E-state index contributed by atoms with van der Waals surface area (Å²) >= 11 is 1.45. The van der Waals surface area contributed by atoms with Gasteiger partial charge in [-0.3, -0.25) is 4.79 Å². The number of amides is 1. The molecule has 0 spiro atoms. The molecule has 0 radical (unpaired) electrons. The highest BCUT2D eigenvalue weighted by molar-refractivity contribution is 7.99. The maximum Gasteiger partial charge on any atom is 0.251 e. The Kier molecular flexibility index (Phi) is 7.84. The van der Waals surface area contributed by atoms with Crippen molar-refractivity contribution in [1.29, 1.82) is 0 Å². The second-order valence-corrected chi connectivity index (χ2v) is 9.34. The Bertz CT molecular complexity index is 1120. The Morgan fingerprint density at radius 2 is 1.88 bits per heavy atom. The number of aliphatic hydroxyl groups excluding tert-OH is 1. The zero-order valence-corrected chi connectivity index (χ0v) is 19.9. The van der Waals surface area contributed by atoms with Crippen molar-refractivity contribution in [3.63, 3.8) is 0 Å². The van der Waals surface area contributed by atoms with E-state index in [-0.39, 0.29) is 30.6 Å². The summed E-state index contributed by atoms with van der Waals surface area (Å²) in [4.78, 5) is 11.5. The molecule has 1 aliphatic heterocycles. The quantitative estimate of drug-likeness (QED) is 0.297. The molecule has 3 aromatic rings. The van der Waals surface area contributed by atoms with Crippen LogP contribution in [-0.2, 0) is 20.9 Å². The van der Waals surface area contributed by atoms with Gasteiger partial charge in [-0.25, -0.2) is 0 Å². The standard InChI is InChI=1S/C26H28N2O5S/c1-17-23(16-34-24-8-3-4-13-28(24)31)32-26(21-6-5-7-22(14-21)27-18(2)30)33-25(17)20-11-9-19(15-29)10-12-20/h3-14,17,23,25-26,29H,15-16H2,1-2H3,(H,27,30)/t17-,23+,25+,26+/m1/s1. The van der Waals surface area contributed by atoms with Gasteiger partial charge in [-0.15, -0.1) is 0 Å². The van der Waals surface area contributed by atoms with Crippen LogP contribution in [0.4, 0.5) is 5.69 Å². The average Bonchev–Trinajstić information content (AvgIpc) is 2.84. The number of ether oxygens (including phenoxy) is 2. The van der Waals surface area contributed by atoms with Crippen LogP contribution in [0.3, 0.4) is 0 Å². The lowest BCUT2D eigenvalue weighted by atomic mass is 9.91. The largest absolute Gasteiger partial charge is 0.618 e. The molecule has 2 aromatic carbocycles. The van der Waals surface area contributed by atoms with Gasteiger partial charge in [-0.05, 0) is 29.3 Å². The molecular weight excluding hydrogens is 452 g/mol. The van der Waals surface area contributed by atoms with Crippen LogP contribution < -0.4 is 10.0 Å². The molecule has 4 atom stereocenters. The number of benzene rings is 2. The van der Waals surface area contributed by atoms with Crippen LogP contribution in [-0.4, -0.2) is 22.9 Å². The fraction of sp³-hybridized carbons (Fsp3) is 0.308. The van der Waals surface area contributed by atoms with Gasteiger partial charge in [0.05, 0.1) is 18.8 Å². The molecule has 7 nitrogen and oxygen atoms in total. The van der Waals surface area contributed by atoms with E-state index in [0.717, 1.165) is 21.4 Å². The smallest absolute Gasteiger partial charge is 0.251 e. The predicted octanol–water partition coefficient (Wildman–Crippen LogP) is 4.35. The number of pyridine rings is 1. The molecule has 178 valence electrons. The van der Waals surface area contributed by atoms with Crippen molar-refractivity contribution >= 4 is 23.4 Å². The molecule has 1 fully saturated rings. The second kappa shape index (κ2) is 11.0. The lowest BCUT2D eigenvalue weighted by molar-refractivity contribution is -0.645. The lowest BCUT2D eigenvalue weighted by Gasteiger charge is -2.41. The third kappa shape index (κ3) is 5.77. The molecule has 2 heterocycles. The highest BCUT2D eigenvalue weighted by Crippen LogP contribution is 2.43. The number of aliphatic hydroxyl groups is 1. The molecule has 0 saturated carbocycles. The van der Waals surface area contributed by atoms with E-state index in [1.54, 1.807) is 12.1 Å². The van der Waals surface area contributed by atoms with Gasteiger partial charge >= 0.3 is 0 Å². The maximum atomic E-state index is 12.1. The number of hydrogen-bond donors (Lipinski definition) is 2. The summed E-state index contributed by atoms with van der Waals surface area (Å²) in [7, 11) is 0. The maximum absolute atomic E-state index is 12.1. The molecule has 1 aliphatic rings. The van der Waals surface area contributed by atoms with E-state index in [1.807, 2.05) is 54.6 Å². The van der Waals surface area contributed by atoms with Crippen molar-refractivity contribution in [3.8, 4) is 0 Å². The van der Waals surface area contributed by atoms with Gasteiger partial charge in [-0.1, -0.05) is 55.1 Å². The van der Waals surface area contributed by atoms with Crippen LogP contribution in [0.1, 0.15) is 42.9 Å². The Balaban J connectivity index is 1.61. The van der Waals surface area contributed by atoms with E-state index in [4.69, 9.17) is 9.47 Å². The summed E-state index contributed by atoms with van der Waals surface area (Å²) in [6.07, 6.45) is 0.388. The fourth-order valence-electron chi connectivity index (χ4n) is 3.97. The number of carbonyl (C=O) groups is 1.